The Morgan fingerprint density at radius 3 is 2.65 bits per heavy atom. The number of nitrogens with one attached hydrogen (secondary N) is 1. The molecule has 1 aromatic heterocycles. The number of rotatable bonds is 5. The smallest absolute Gasteiger partial charge is 0.129 e. The van der Waals surface area contributed by atoms with E-state index in [0.717, 1.165) is 18.8 Å². The topological polar surface area (TPSA) is 54.6 Å². The first-order chi connectivity index (χ1) is 9.86. The molecule has 0 unspecified atom stereocenters. The molecule has 0 radical (unpaired) electrons. The van der Waals surface area contributed by atoms with Crippen LogP contribution in [0, 0.1) is 0 Å². The van der Waals surface area contributed by atoms with Gasteiger partial charge < -0.3 is 19.6 Å². The van der Waals surface area contributed by atoms with E-state index in [1.54, 1.807) is 6.07 Å². The van der Waals surface area contributed by atoms with E-state index < -0.39 is 0 Å². The van der Waals surface area contributed by atoms with E-state index >= 15 is 0 Å². The van der Waals surface area contributed by atoms with Crippen LogP contribution in [0.1, 0.15) is 29.6 Å². The molecule has 20 heavy (non-hydrogen) atoms. The number of benzene rings is 1. The van der Waals surface area contributed by atoms with Crippen molar-refractivity contribution in [1.29, 1.82) is 0 Å². The fourth-order valence-corrected chi connectivity index (χ4v) is 2.60. The highest BCUT2D eigenvalue weighted by atomic mass is 16.5. The third kappa shape index (κ3) is 2.93. The van der Waals surface area contributed by atoms with Crippen LogP contribution in [0.3, 0.4) is 0 Å². The molecule has 0 saturated carbocycles. The van der Waals surface area contributed by atoms with E-state index in [9.17, 15) is 0 Å². The highest BCUT2D eigenvalue weighted by molar-refractivity contribution is 5.20. The van der Waals surface area contributed by atoms with Crippen molar-refractivity contribution in [2.45, 2.75) is 31.7 Å². The van der Waals surface area contributed by atoms with Gasteiger partial charge in [0, 0.05) is 12.6 Å². The van der Waals surface area contributed by atoms with Gasteiger partial charge in [0.1, 0.15) is 18.1 Å². The van der Waals surface area contributed by atoms with Gasteiger partial charge in [-0.3, -0.25) is 0 Å². The summed E-state index contributed by atoms with van der Waals surface area (Å²) in [5, 5.41) is 12.5. The van der Waals surface area contributed by atoms with Gasteiger partial charge in [-0.15, -0.1) is 0 Å². The van der Waals surface area contributed by atoms with Gasteiger partial charge in [0.2, 0.25) is 0 Å². The zero-order valence-electron chi connectivity index (χ0n) is 11.3. The van der Waals surface area contributed by atoms with Crippen molar-refractivity contribution >= 4 is 0 Å². The number of hydrogen-bond acceptors (Lipinski definition) is 4. The molecule has 2 N–H and O–H groups in total. The summed E-state index contributed by atoms with van der Waals surface area (Å²) in [6, 6.07) is 14.3. The number of aliphatic hydroxyl groups is 1. The van der Waals surface area contributed by atoms with E-state index in [2.05, 4.69) is 17.4 Å². The Kier molecular flexibility index (Phi) is 4.16. The molecule has 106 valence electrons. The Labute approximate surface area is 118 Å². The first-order valence-electron chi connectivity index (χ1n) is 6.95. The monoisotopic (exact) mass is 273 g/mol. The molecule has 1 aliphatic rings. The molecule has 0 bridgehead atoms. The van der Waals surface area contributed by atoms with Gasteiger partial charge in [-0.2, -0.15) is 0 Å². The fraction of sp³-hybridized carbons (Fsp3) is 0.375. The van der Waals surface area contributed by atoms with Crippen molar-refractivity contribution in [2.75, 3.05) is 6.61 Å². The molecule has 1 saturated heterocycles. The van der Waals surface area contributed by atoms with Crippen LogP contribution in [0.2, 0.25) is 0 Å². The molecule has 0 spiro atoms. The standard InChI is InChI=1S/C16H19NO3/c18-11-14-7-6-13(20-14)10-17-15-8-9-19-16(15)12-4-2-1-3-5-12/h1-7,15-18H,8-11H2/t15-,16-/m0/s1. The van der Waals surface area contributed by atoms with Crippen molar-refractivity contribution in [2.24, 2.45) is 0 Å². The summed E-state index contributed by atoms with van der Waals surface area (Å²) in [6.45, 7) is 1.37. The molecule has 2 aromatic rings. The lowest BCUT2D eigenvalue weighted by Gasteiger charge is -2.19. The predicted octanol–water partition coefficient (Wildman–Crippen LogP) is 2.39. The maximum absolute atomic E-state index is 8.99. The molecule has 3 rings (SSSR count). The maximum atomic E-state index is 8.99. The molecule has 0 aliphatic carbocycles. The van der Waals surface area contributed by atoms with Gasteiger partial charge >= 0.3 is 0 Å². The fourth-order valence-electron chi connectivity index (χ4n) is 2.60. The molecule has 0 amide bonds. The lowest BCUT2D eigenvalue weighted by Crippen LogP contribution is -2.31. The van der Waals surface area contributed by atoms with Crippen molar-refractivity contribution in [3.63, 3.8) is 0 Å². The third-order valence-electron chi connectivity index (χ3n) is 3.63. The molecule has 2 atom stereocenters. The minimum absolute atomic E-state index is 0.0564. The zero-order valence-corrected chi connectivity index (χ0v) is 11.3. The SMILES string of the molecule is OCc1ccc(CN[C@H]2CCO[C@H]2c2ccccc2)o1. The summed E-state index contributed by atoms with van der Waals surface area (Å²) >= 11 is 0. The van der Waals surface area contributed by atoms with Gasteiger partial charge in [0.05, 0.1) is 12.6 Å². The van der Waals surface area contributed by atoms with Gasteiger partial charge in [-0.05, 0) is 24.1 Å². The first-order valence-corrected chi connectivity index (χ1v) is 6.95. The van der Waals surface area contributed by atoms with Crippen LogP contribution < -0.4 is 5.32 Å². The van der Waals surface area contributed by atoms with E-state index in [1.165, 1.54) is 5.56 Å². The predicted molar refractivity (Wildman–Crippen MR) is 75.0 cm³/mol. The summed E-state index contributed by atoms with van der Waals surface area (Å²) in [4.78, 5) is 0. The Bertz CT molecular complexity index is 538. The number of ether oxygens (including phenoxy) is 1. The summed E-state index contributed by atoms with van der Waals surface area (Å²) < 4.78 is 11.3. The van der Waals surface area contributed by atoms with Crippen molar-refractivity contribution in [1.82, 2.24) is 5.32 Å². The minimum Gasteiger partial charge on any atom is -0.462 e. The van der Waals surface area contributed by atoms with Crippen LogP contribution in [-0.4, -0.2) is 17.8 Å². The summed E-state index contributed by atoms with van der Waals surface area (Å²) in [6.07, 6.45) is 1.09. The second-order valence-electron chi connectivity index (χ2n) is 5.00. The van der Waals surface area contributed by atoms with Crippen LogP contribution in [0.4, 0.5) is 0 Å². The Balaban J connectivity index is 1.61. The Morgan fingerprint density at radius 2 is 1.90 bits per heavy atom. The lowest BCUT2D eigenvalue weighted by molar-refractivity contribution is 0.0980. The highest BCUT2D eigenvalue weighted by Crippen LogP contribution is 2.29. The molecule has 1 aromatic carbocycles. The van der Waals surface area contributed by atoms with E-state index in [-0.39, 0.29) is 12.7 Å². The quantitative estimate of drug-likeness (QED) is 0.878. The summed E-state index contributed by atoms with van der Waals surface area (Å²) in [7, 11) is 0. The Hall–Kier alpha value is -1.62. The number of hydrogen-bond donors (Lipinski definition) is 2. The van der Waals surface area contributed by atoms with Crippen molar-refractivity contribution in [3.8, 4) is 0 Å². The molecule has 1 aliphatic heterocycles. The molecule has 2 heterocycles. The van der Waals surface area contributed by atoms with Crippen molar-refractivity contribution in [3.05, 3.63) is 59.5 Å². The van der Waals surface area contributed by atoms with E-state index in [1.807, 2.05) is 24.3 Å². The maximum Gasteiger partial charge on any atom is 0.129 e. The number of furan rings is 1. The average Bonchev–Trinajstić information content (AvgIpc) is 3.15. The molecular weight excluding hydrogens is 254 g/mol. The molecule has 4 heteroatoms. The first kappa shape index (κ1) is 13.4. The van der Waals surface area contributed by atoms with Gasteiger partial charge in [0.15, 0.2) is 0 Å². The van der Waals surface area contributed by atoms with Crippen LogP contribution in [0.15, 0.2) is 46.9 Å². The third-order valence-corrected chi connectivity index (χ3v) is 3.63. The largest absolute Gasteiger partial charge is 0.462 e. The molecular formula is C16H19NO3. The lowest BCUT2D eigenvalue weighted by atomic mass is 10.0. The van der Waals surface area contributed by atoms with Crippen LogP contribution >= 0.6 is 0 Å². The highest BCUT2D eigenvalue weighted by Gasteiger charge is 2.29. The summed E-state index contributed by atoms with van der Waals surface area (Å²) in [5.41, 5.74) is 1.21. The molecule has 1 fully saturated rings. The van der Waals surface area contributed by atoms with Crippen LogP contribution in [0.5, 0.6) is 0 Å². The second kappa shape index (κ2) is 6.22. The number of aliphatic hydroxyl groups excluding tert-OH is 1. The van der Waals surface area contributed by atoms with Gasteiger partial charge in [0.25, 0.3) is 0 Å². The molecule has 4 nitrogen and oxygen atoms in total. The summed E-state index contributed by atoms with van der Waals surface area (Å²) in [5.74, 6) is 1.44. The Morgan fingerprint density at radius 1 is 1.10 bits per heavy atom. The normalized spacial score (nSPS) is 22.2. The van der Waals surface area contributed by atoms with Crippen molar-refractivity contribution < 1.29 is 14.3 Å². The average molecular weight is 273 g/mol. The van der Waals surface area contributed by atoms with Crippen LogP contribution in [0.25, 0.3) is 0 Å². The van der Waals surface area contributed by atoms with Crippen LogP contribution in [-0.2, 0) is 17.9 Å². The zero-order chi connectivity index (χ0) is 13.8. The van der Waals surface area contributed by atoms with Gasteiger partial charge in [-0.25, -0.2) is 0 Å². The van der Waals surface area contributed by atoms with Gasteiger partial charge in [-0.1, -0.05) is 30.3 Å². The van der Waals surface area contributed by atoms with E-state index in [4.69, 9.17) is 14.3 Å². The van der Waals surface area contributed by atoms with E-state index in [0.29, 0.717) is 18.3 Å². The minimum atomic E-state index is -0.0564. The second-order valence-corrected chi connectivity index (χ2v) is 5.00.